The lowest BCUT2D eigenvalue weighted by molar-refractivity contribution is -0.140. The number of ketones is 1. The highest BCUT2D eigenvalue weighted by Crippen LogP contribution is 2.14. The van der Waals surface area contributed by atoms with E-state index in [1.54, 1.807) is 37.3 Å². The second kappa shape index (κ2) is 7.33. The lowest BCUT2D eigenvalue weighted by atomic mass is 10.1. The van der Waals surface area contributed by atoms with Crippen molar-refractivity contribution in [3.63, 3.8) is 0 Å². The Morgan fingerprint density at radius 1 is 1.24 bits per heavy atom. The second-order valence-electron chi connectivity index (χ2n) is 4.30. The molecule has 1 atom stereocenters. The average molecular weight is 365 g/mol. The highest BCUT2D eigenvalue weighted by Gasteiger charge is 2.18. The summed E-state index contributed by atoms with van der Waals surface area (Å²) in [4.78, 5) is 24.7. The van der Waals surface area contributed by atoms with Gasteiger partial charge in [0.25, 0.3) is 0 Å². The zero-order chi connectivity index (χ0) is 15.2. The molecule has 1 heterocycles. The third kappa shape index (κ3) is 4.65. The maximum atomic E-state index is 12.1. The largest absolute Gasteiger partial charge is 0.451 e. The van der Waals surface area contributed by atoms with Crippen molar-refractivity contribution in [3.8, 4) is 0 Å². The van der Waals surface area contributed by atoms with Crippen molar-refractivity contribution >= 4 is 45.1 Å². The predicted octanol–water partition coefficient (Wildman–Crippen LogP) is 4.34. The molecule has 0 fully saturated rings. The van der Waals surface area contributed by atoms with E-state index in [0.717, 1.165) is 9.35 Å². The molecule has 2 aromatic rings. The number of benzene rings is 1. The number of hydrogen-bond acceptors (Lipinski definition) is 4. The van der Waals surface area contributed by atoms with E-state index in [1.165, 1.54) is 17.4 Å². The molecule has 0 amide bonds. The molecular weight excluding hydrogens is 352 g/mol. The minimum Gasteiger partial charge on any atom is -0.451 e. The van der Waals surface area contributed by atoms with Crippen LogP contribution >= 0.6 is 27.3 Å². The van der Waals surface area contributed by atoms with Crippen LogP contribution in [0.5, 0.6) is 0 Å². The molecule has 0 unspecified atom stereocenters. The van der Waals surface area contributed by atoms with Gasteiger partial charge in [0.2, 0.25) is 5.78 Å². The van der Waals surface area contributed by atoms with Crippen LogP contribution in [0.25, 0.3) is 6.08 Å². The minimum absolute atomic E-state index is 0.222. The molecule has 0 aliphatic carbocycles. The van der Waals surface area contributed by atoms with Crippen LogP contribution in [0.3, 0.4) is 0 Å². The third-order valence-corrected chi connectivity index (χ3v) is 4.08. The Bertz CT molecular complexity index is 645. The van der Waals surface area contributed by atoms with Gasteiger partial charge in [-0.1, -0.05) is 34.1 Å². The van der Waals surface area contributed by atoms with E-state index in [2.05, 4.69) is 15.9 Å². The zero-order valence-corrected chi connectivity index (χ0v) is 13.7. The van der Waals surface area contributed by atoms with Crippen LogP contribution in [0.4, 0.5) is 0 Å². The van der Waals surface area contributed by atoms with Crippen molar-refractivity contribution < 1.29 is 14.3 Å². The zero-order valence-electron chi connectivity index (χ0n) is 11.3. The molecule has 0 bridgehead atoms. The van der Waals surface area contributed by atoms with Crippen LogP contribution in [0.2, 0.25) is 0 Å². The van der Waals surface area contributed by atoms with Crippen LogP contribution in [0, 0.1) is 0 Å². The summed E-state index contributed by atoms with van der Waals surface area (Å²) in [7, 11) is 0. The number of carbonyl (C=O) groups is 2. The molecule has 21 heavy (non-hydrogen) atoms. The molecule has 5 heteroatoms. The van der Waals surface area contributed by atoms with Gasteiger partial charge in [-0.05, 0) is 36.6 Å². The van der Waals surface area contributed by atoms with E-state index in [-0.39, 0.29) is 5.78 Å². The topological polar surface area (TPSA) is 43.4 Å². The molecule has 0 saturated carbocycles. The van der Waals surface area contributed by atoms with Crippen LogP contribution in [0.15, 0.2) is 52.3 Å². The van der Waals surface area contributed by atoms with Crippen molar-refractivity contribution in [1.82, 2.24) is 0 Å². The fourth-order valence-corrected chi connectivity index (χ4v) is 2.53. The molecule has 3 nitrogen and oxygen atoms in total. The summed E-state index contributed by atoms with van der Waals surface area (Å²) in [5, 5.41) is 1.92. The van der Waals surface area contributed by atoms with Gasteiger partial charge in [-0.25, -0.2) is 4.79 Å². The van der Waals surface area contributed by atoms with Gasteiger partial charge in [-0.3, -0.25) is 4.79 Å². The first-order chi connectivity index (χ1) is 10.1. The number of carbonyl (C=O) groups excluding carboxylic acids is 2. The number of halogens is 1. The highest BCUT2D eigenvalue weighted by atomic mass is 79.9. The molecule has 0 aliphatic heterocycles. The van der Waals surface area contributed by atoms with Crippen molar-refractivity contribution in [2.24, 2.45) is 0 Å². The standard InChI is InChI=1S/C16H13BrO3S/c1-11(16(19)12-4-6-13(17)7-5-12)20-15(18)9-8-14-3-2-10-21-14/h2-11H,1H3/b9-8+/t11-/m0/s1. The Kier molecular flexibility index (Phi) is 5.47. The summed E-state index contributed by atoms with van der Waals surface area (Å²) in [5.74, 6) is -0.748. The molecule has 108 valence electrons. The lowest BCUT2D eigenvalue weighted by Crippen LogP contribution is -2.23. The Labute approximate surface area is 135 Å². The Morgan fingerprint density at radius 2 is 1.95 bits per heavy atom. The quantitative estimate of drug-likeness (QED) is 0.450. The van der Waals surface area contributed by atoms with E-state index in [0.29, 0.717) is 5.56 Å². The lowest BCUT2D eigenvalue weighted by Gasteiger charge is -2.10. The molecule has 0 aliphatic rings. The molecule has 0 spiro atoms. The van der Waals surface area contributed by atoms with E-state index < -0.39 is 12.1 Å². The molecular formula is C16H13BrO3S. The monoisotopic (exact) mass is 364 g/mol. The third-order valence-electron chi connectivity index (χ3n) is 2.72. The van der Waals surface area contributed by atoms with Gasteiger partial charge in [-0.15, -0.1) is 11.3 Å². The van der Waals surface area contributed by atoms with Crippen molar-refractivity contribution in [1.29, 1.82) is 0 Å². The van der Waals surface area contributed by atoms with Crippen LogP contribution < -0.4 is 0 Å². The number of thiophene rings is 1. The van der Waals surface area contributed by atoms with Gasteiger partial charge < -0.3 is 4.74 Å². The van der Waals surface area contributed by atoms with Gasteiger partial charge in [-0.2, -0.15) is 0 Å². The van der Waals surface area contributed by atoms with Gasteiger partial charge in [0.1, 0.15) is 0 Å². The molecule has 2 rings (SSSR count). The summed E-state index contributed by atoms with van der Waals surface area (Å²) < 4.78 is 6.00. The Balaban J connectivity index is 1.94. The second-order valence-corrected chi connectivity index (χ2v) is 6.19. The van der Waals surface area contributed by atoms with Crippen LogP contribution in [-0.2, 0) is 9.53 Å². The van der Waals surface area contributed by atoms with E-state index >= 15 is 0 Å². The van der Waals surface area contributed by atoms with Crippen LogP contribution in [-0.4, -0.2) is 17.9 Å². The molecule has 0 N–H and O–H groups in total. The van der Waals surface area contributed by atoms with E-state index in [9.17, 15) is 9.59 Å². The summed E-state index contributed by atoms with van der Waals surface area (Å²) in [6.07, 6.45) is 2.19. The number of Topliss-reactive ketones (excluding diaryl/α,β-unsaturated/α-hetero) is 1. The Hall–Kier alpha value is -1.72. The van der Waals surface area contributed by atoms with Gasteiger partial charge in [0, 0.05) is 21.0 Å². The normalized spacial score (nSPS) is 12.3. The van der Waals surface area contributed by atoms with Crippen molar-refractivity contribution in [2.45, 2.75) is 13.0 Å². The minimum atomic E-state index is -0.813. The summed E-state index contributed by atoms with van der Waals surface area (Å²) >= 11 is 4.83. The van der Waals surface area contributed by atoms with Crippen molar-refractivity contribution in [3.05, 3.63) is 62.8 Å². The number of ether oxygens (including phenoxy) is 1. The first-order valence-corrected chi connectivity index (χ1v) is 7.95. The molecule has 1 aromatic carbocycles. The fourth-order valence-electron chi connectivity index (χ4n) is 1.65. The number of hydrogen-bond donors (Lipinski definition) is 0. The maximum absolute atomic E-state index is 12.1. The van der Waals surface area contributed by atoms with Crippen molar-refractivity contribution in [2.75, 3.05) is 0 Å². The van der Waals surface area contributed by atoms with Crippen LogP contribution in [0.1, 0.15) is 22.2 Å². The van der Waals surface area contributed by atoms with E-state index in [1.807, 2.05) is 17.5 Å². The predicted molar refractivity (Wildman–Crippen MR) is 87.4 cm³/mol. The summed E-state index contributed by atoms with van der Waals surface area (Å²) in [6, 6.07) is 10.7. The highest BCUT2D eigenvalue weighted by molar-refractivity contribution is 9.10. The fraction of sp³-hybridized carbons (Fsp3) is 0.125. The smallest absolute Gasteiger partial charge is 0.331 e. The van der Waals surface area contributed by atoms with Gasteiger partial charge in [0.15, 0.2) is 6.10 Å². The maximum Gasteiger partial charge on any atom is 0.331 e. The molecule has 0 radical (unpaired) electrons. The number of rotatable bonds is 5. The molecule has 1 aromatic heterocycles. The first-order valence-electron chi connectivity index (χ1n) is 6.28. The summed E-state index contributed by atoms with van der Waals surface area (Å²) in [5.41, 5.74) is 0.515. The first kappa shape index (κ1) is 15.7. The summed E-state index contributed by atoms with van der Waals surface area (Å²) in [6.45, 7) is 1.57. The SMILES string of the molecule is C[C@H](OC(=O)/C=C/c1cccs1)C(=O)c1ccc(Br)cc1. The number of esters is 1. The van der Waals surface area contributed by atoms with Gasteiger partial charge in [0.05, 0.1) is 0 Å². The molecule has 0 saturated heterocycles. The Morgan fingerprint density at radius 3 is 2.57 bits per heavy atom. The average Bonchev–Trinajstić information content (AvgIpc) is 2.98. The van der Waals surface area contributed by atoms with E-state index in [4.69, 9.17) is 4.74 Å². The van der Waals surface area contributed by atoms with Gasteiger partial charge >= 0.3 is 5.97 Å².